The standard InChI is InChI=1S/C20H29N5O3/c1-13(2)9-12-25-20(28)24-11-10-15(6-8-17(24)22-25)21-18(26)16-7-5-14(3)23(4)19(16)27/h5,7,13,15H,6,8-12H2,1-4H3,(H,21,26). The molecule has 0 aromatic carbocycles. The molecule has 1 unspecified atom stereocenters. The van der Waals surface area contributed by atoms with E-state index in [1.54, 1.807) is 28.4 Å². The molecule has 152 valence electrons. The molecule has 1 N–H and O–H groups in total. The highest BCUT2D eigenvalue weighted by molar-refractivity contribution is 5.94. The van der Waals surface area contributed by atoms with Crippen molar-refractivity contribution < 1.29 is 4.79 Å². The first kappa shape index (κ1) is 20.1. The molecule has 0 bridgehead atoms. The molecule has 1 amide bonds. The second-order valence-corrected chi connectivity index (χ2v) is 8.01. The summed E-state index contributed by atoms with van der Waals surface area (Å²) < 4.78 is 4.75. The SMILES string of the molecule is Cc1ccc(C(=O)NC2CCc3nn(CCC(C)C)c(=O)n3CC2)c(=O)n1C. The molecular formula is C20H29N5O3. The molecule has 2 aromatic heterocycles. The number of aromatic nitrogens is 4. The van der Waals surface area contributed by atoms with Crippen molar-refractivity contribution >= 4 is 5.91 Å². The molecule has 3 rings (SSSR count). The van der Waals surface area contributed by atoms with Crippen LogP contribution < -0.4 is 16.6 Å². The lowest BCUT2D eigenvalue weighted by atomic mass is 10.1. The number of fused-ring (bicyclic) bond motifs is 1. The van der Waals surface area contributed by atoms with E-state index in [4.69, 9.17) is 0 Å². The van der Waals surface area contributed by atoms with Gasteiger partial charge in [-0.15, -0.1) is 0 Å². The van der Waals surface area contributed by atoms with Crippen LogP contribution in [-0.4, -0.2) is 30.9 Å². The Labute approximate surface area is 164 Å². The lowest BCUT2D eigenvalue weighted by Crippen LogP contribution is -2.39. The number of amides is 1. The zero-order valence-electron chi connectivity index (χ0n) is 17.1. The van der Waals surface area contributed by atoms with Crippen molar-refractivity contribution in [2.75, 3.05) is 0 Å². The molecule has 1 atom stereocenters. The summed E-state index contributed by atoms with van der Waals surface area (Å²) in [5, 5.41) is 7.45. The van der Waals surface area contributed by atoms with E-state index in [9.17, 15) is 14.4 Å². The van der Waals surface area contributed by atoms with Gasteiger partial charge in [0, 0.05) is 38.3 Å². The molecule has 0 spiro atoms. The molecule has 0 fully saturated rings. The highest BCUT2D eigenvalue weighted by atomic mass is 16.2. The maximum Gasteiger partial charge on any atom is 0.345 e. The minimum Gasteiger partial charge on any atom is -0.349 e. The summed E-state index contributed by atoms with van der Waals surface area (Å²) in [6.45, 7) is 7.23. The topological polar surface area (TPSA) is 90.9 Å². The van der Waals surface area contributed by atoms with Gasteiger partial charge in [-0.25, -0.2) is 9.48 Å². The summed E-state index contributed by atoms with van der Waals surface area (Å²) in [5.74, 6) is 0.929. The van der Waals surface area contributed by atoms with Gasteiger partial charge in [-0.1, -0.05) is 13.8 Å². The van der Waals surface area contributed by atoms with Gasteiger partial charge in [0.1, 0.15) is 11.4 Å². The first-order valence-corrected chi connectivity index (χ1v) is 9.92. The third kappa shape index (κ3) is 4.10. The Hall–Kier alpha value is -2.64. The second kappa shape index (κ2) is 8.16. The van der Waals surface area contributed by atoms with Crippen LogP contribution in [0.15, 0.2) is 21.7 Å². The number of rotatable bonds is 5. The number of carbonyl (C=O) groups excluding carboxylic acids is 1. The Morgan fingerprint density at radius 1 is 1.29 bits per heavy atom. The smallest absolute Gasteiger partial charge is 0.345 e. The van der Waals surface area contributed by atoms with Gasteiger partial charge >= 0.3 is 5.69 Å². The van der Waals surface area contributed by atoms with Crippen LogP contribution in [0, 0.1) is 12.8 Å². The van der Waals surface area contributed by atoms with Gasteiger partial charge in [-0.2, -0.15) is 5.10 Å². The molecule has 0 aliphatic carbocycles. The second-order valence-electron chi connectivity index (χ2n) is 8.01. The molecule has 0 radical (unpaired) electrons. The highest BCUT2D eigenvalue weighted by Crippen LogP contribution is 2.13. The first-order chi connectivity index (χ1) is 13.3. The van der Waals surface area contributed by atoms with Gasteiger partial charge < -0.3 is 9.88 Å². The average Bonchev–Trinajstić information content (AvgIpc) is 2.81. The Morgan fingerprint density at radius 3 is 2.75 bits per heavy atom. The number of carbonyl (C=O) groups is 1. The number of hydrogen-bond donors (Lipinski definition) is 1. The van der Waals surface area contributed by atoms with E-state index in [1.165, 1.54) is 4.57 Å². The molecule has 1 aliphatic rings. The predicted molar refractivity (Wildman–Crippen MR) is 107 cm³/mol. The molecule has 28 heavy (non-hydrogen) atoms. The maximum absolute atomic E-state index is 12.6. The van der Waals surface area contributed by atoms with Crippen molar-refractivity contribution in [3.8, 4) is 0 Å². The van der Waals surface area contributed by atoms with E-state index in [0.717, 1.165) is 17.9 Å². The summed E-state index contributed by atoms with van der Waals surface area (Å²) in [6, 6.07) is 3.24. The van der Waals surface area contributed by atoms with Gasteiger partial charge in [-0.05, 0) is 44.2 Å². The lowest BCUT2D eigenvalue weighted by molar-refractivity contribution is 0.0930. The molecule has 1 aliphatic heterocycles. The van der Waals surface area contributed by atoms with Crippen LogP contribution in [0.25, 0.3) is 0 Å². The van der Waals surface area contributed by atoms with Crippen molar-refractivity contribution in [3.63, 3.8) is 0 Å². The van der Waals surface area contributed by atoms with Crippen molar-refractivity contribution in [2.45, 2.75) is 65.6 Å². The van der Waals surface area contributed by atoms with Crippen LogP contribution in [-0.2, 0) is 26.6 Å². The van der Waals surface area contributed by atoms with E-state index in [1.807, 2.05) is 6.92 Å². The Balaban J connectivity index is 1.68. The number of aryl methyl sites for hydroxylation is 3. The third-order valence-electron chi connectivity index (χ3n) is 5.47. The highest BCUT2D eigenvalue weighted by Gasteiger charge is 2.23. The van der Waals surface area contributed by atoms with Gasteiger partial charge in [0.25, 0.3) is 11.5 Å². The largest absolute Gasteiger partial charge is 0.349 e. The summed E-state index contributed by atoms with van der Waals surface area (Å²) in [6.07, 6.45) is 2.88. The molecular weight excluding hydrogens is 358 g/mol. The van der Waals surface area contributed by atoms with Crippen molar-refractivity contribution in [1.29, 1.82) is 0 Å². The van der Waals surface area contributed by atoms with E-state index in [2.05, 4.69) is 24.3 Å². The quantitative estimate of drug-likeness (QED) is 0.835. The van der Waals surface area contributed by atoms with Crippen molar-refractivity contribution in [1.82, 2.24) is 24.2 Å². The normalized spacial score (nSPS) is 16.7. The lowest BCUT2D eigenvalue weighted by Gasteiger charge is -2.16. The molecule has 3 heterocycles. The zero-order chi connectivity index (χ0) is 20.4. The van der Waals surface area contributed by atoms with Crippen LogP contribution >= 0.6 is 0 Å². The molecule has 0 saturated carbocycles. The van der Waals surface area contributed by atoms with Gasteiger partial charge in [0.15, 0.2) is 0 Å². The number of nitrogens with one attached hydrogen (secondary N) is 1. The summed E-state index contributed by atoms with van der Waals surface area (Å²) in [4.78, 5) is 37.5. The Kier molecular flexibility index (Phi) is 5.86. The van der Waals surface area contributed by atoms with Crippen LogP contribution in [0.5, 0.6) is 0 Å². The van der Waals surface area contributed by atoms with Gasteiger partial charge in [-0.3, -0.25) is 14.2 Å². The molecule has 0 saturated heterocycles. The summed E-state index contributed by atoms with van der Waals surface area (Å²) >= 11 is 0. The Bertz CT molecular complexity index is 983. The summed E-state index contributed by atoms with van der Waals surface area (Å²) in [5.41, 5.74) is 0.573. The first-order valence-electron chi connectivity index (χ1n) is 9.92. The van der Waals surface area contributed by atoms with Crippen LogP contribution in [0.3, 0.4) is 0 Å². The molecule has 2 aromatic rings. The number of pyridine rings is 1. The Morgan fingerprint density at radius 2 is 2.04 bits per heavy atom. The van der Waals surface area contributed by atoms with E-state index in [-0.39, 0.29) is 28.8 Å². The average molecular weight is 387 g/mol. The fraction of sp³-hybridized carbons (Fsp3) is 0.600. The fourth-order valence-corrected chi connectivity index (χ4v) is 3.46. The van der Waals surface area contributed by atoms with Crippen molar-refractivity contribution in [3.05, 3.63) is 50.1 Å². The monoisotopic (exact) mass is 387 g/mol. The molecule has 8 nitrogen and oxygen atoms in total. The maximum atomic E-state index is 12.6. The zero-order valence-corrected chi connectivity index (χ0v) is 17.1. The summed E-state index contributed by atoms with van der Waals surface area (Å²) in [7, 11) is 1.66. The minimum absolute atomic E-state index is 0.0740. The number of nitrogens with zero attached hydrogens (tertiary/aromatic N) is 4. The minimum atomic E-state index is -0.362. The van der Waals surface area contributed by atoms with Gasteiger partial charge in [0.05, 0.1) is 0 Å². The van der Waals surface area contributed by atoms with E-state index in [0.29, 0.717) is 38.3 Å². The van der Waals surface area contributed by atoms with Gasteiger partial charge in [0.2, 0.25) is 0 Å². The van der Waals surface area contributed by atoms with E-state index >= 15 is 0 Å². The van der Waals surface area contributed by atoms with Crippen LogP contribution in [0.1, 0.15) is 55.0 Å². The fourth-order valence-electron chi connectivity index (χ4n) is 3.46. The van der Waals surface area contributed by atoms with E-state index < -0.39 is 0 Å². The number of hydrogen-bond acceptors (Lipinski definition) is 4. The van der Waals surface area contributed by atoms with Crippen molar-refractivity contribution in [2.24, 2.45) is 13.0 Å². The van der Waals surface area contributed by atoms with Crippen LogP contribution in [0.4, 0.5) is 0 Å². The predicted octanol–water partition coefficient (Wildman–Crippen LogP) is 1.23. The third-order valence-corrected chi connectivity index (χ3v) is 5.47. The molecule has 8 heteroatoms. The van der Waals surface area contributed by atoms with Crippen LogP contribution in [0.2, 0.25) is 0 Å².